The van der Waals surface area contributed by atoms with Gasteiger partial charge in [0, 0.05) is 12.5 Å². The molecule has 1 unspecified atom stereocenters. The van der Waals surface area contributed by atoms with E-state index in [0.29, 0.717) is 17.9 Å². The van der Waals surface area contributed by atoms with E-state index in [0.717, 1.165) is 12.2 Å². The molecule has 0 aromatic carbocycles. The molecule has 18 heavy (non-hydrogen) atoms. The maximum atomic E-state index is 5.71. The first kappa shape index (κ1) is 13.5. The molecule has 1 aliphatic rings. The van der Waals surface area contributed by atoms with Crippen molar-refractivity contribution >= 4 is 0 Å². The number of nitrogens with zero attached hydrogens (tertiary/aromatic N) is 3. The second kappa shape index (κ2) is 5.80. The second-order valence-electron chi connectivity index (χ2n) is 5.61. The van der Waals surface area contributed by atoms with Crippen LogP contribution < -0.4 is 5.73 Å². The molecular weight excluding hydrogens is 228 g/mol. The molecule has 1 aromatic heterocycles. The highest BCUT2D eigenvalue weighted by Gasteiger charge is 2.22. The first-order valence-corrected chi connectivity index (χ1v) is 6.88. The molecule has 0 aliphatic carbocycles. The minimum Gasteiger partial charge on any atom is -0.338 e. The summed E-state index contributed by atoms with van der Waals surface area (Å²) in [6.45, 7) is 8.74. The molecule has 0 radical (unpaired) electrons. The Kier molecular flexibility index (Phi) is 4.35. The summed E-state index contributed by atoms with van der Waals surface area (Å²) in [6.07, 6.45) is 3.36. The standard InChI is InChI=1S/C13H24N4O/c1-9(2)17-6-4-11(5-7-17)8-12-15-13(10(3)14)18-16-12/h9-11H,4-8,14H2,1-3H3. The molecule has 2 heterocycles. The molecule has 0 amide bonds. The van der Waals surface area contributed by atoms with Crippen LogP contribution in [0.25, 0.3) is 0 Å². The van der Waals surface area contributed by atoms with Gasteiger partial charge < -0.3 is 15.2 Å². The summed E-state index contributed by atoms with van der Waals surface area (Å²) < 4.78 is 5.13. The van der Waals surface area contributed by atoms with E-state index in [1.165, 1.54) is 25.9 Å². The number of nitrogens with two attached hydrogens (primary N) is 1. The third-order valence-corrected chi connectivity index (χ3v) is 3.72. The summed E-state index contributed by atoms with van der Waals surface area (Å²) in [6, 6.07) is 0.481. The Hall–Kier alpha value is -0.940. The van der Waals surface area contributed by atoms with Gasteiger partial charge in [-0.05, 0) is 52.6 Å². The van der Waals surface area contributed by atoms with Crippen LogP contribution in [0.5, 0.6) is 0 Å². The van der Waals surface area contributed by atoms with E-state index < -0.39 is 0 Å². The highest BCUT2D eigenvalue weighted by Crippen LogP contribution is 2.22. The zero-order chi connectivity index (χ0) is 13.1. The Morgan fingerprint density at radius 2 is 2.00 bits per heavy atom. The van der Waals surface area contributed by atoms with Crippen molar-refractivity contribution in [3.63, 3.8) is 0 Å². The maximum Gasteiger partial charge on any atom is 0.243 e. The molecule has 2 rings (SSSR count). The molecule has 0 bridgehead atoms. The van der Waals surface area contributed by atoms with Crippen LogP contribution >= 0.6 is 0 Å². The molecule has 1 aliphatic heterocycles. The van der Waals surface area contributed by atoms with Crippen LogP contribution in [0.2, 0.25) is 0 Å². The van der Waals surface area contributed by atoms with Gasteiger partial charge in [0.2, 0.25) is 5.89 Å². The first-order valence-electron chi connectivity index (χ1n) is 6.88. The van der Waals surface area contributed by atoms with Gasteiger partial charge >= 0.3 is 0 Å². The van der Waals surface area contributed by atoms with Gasteiger partial charge in [-0.3, -0.25) is 0 Å². The van der Waals surface area contributed by atoms with E-state index in [4.69, 9.17) is 10.3 Å². The first-order chi connectivity index (χ1) is 8.56. The summed E-state index contributed by atoms with van der Waals surface area (Å²) in [7, 11) is 0. The van der Waals surface area contributed by atoms with Gasteiger partial charge in [0.05, 0.1) is 6.04 Å². The van der Waals surface area contributed by atoms with Gasteiger partial charge in [0.1, 0.15) is 0 Å². The van der Waals surface area contributed by atoms with E-state index in [2.05, 4.69) is 28.9 Å². The minimum atomic E-state index is -0.172. The zero-order valence-electron chi connectivity index (χ0n) is 11.6. The van der Waals surface area contributed by atoms with Crippen molar-refractivity contribution in [2.45, 2.75) is 52.1 Å². The maximum absolute atomic E-state index is 5.71. The Balaban J connectivity index is 1.84. The Labute approximate surface area is 109 Å². The lowest BCUT2D eigenvalue weighted by atomic mass is 9.93. The lowest BCUT2D eigenvalue weighted by Gasteiger charge is -2.34. The van der Waals surface area contributed by atoms with E-state index in [1.807, 2.05) is 6.92 Å². The molecule has 1 fully saturated rings. The number of aromatic nitrogens is 2. The van der Waals surface area contributed by atoms with Crippen molar-refractivity contribution in [2.75, 3.05) is 13.1 Å². The molecule has 5 heteroatoms. The van der Waals surface area contributed by atoms with Gasteiger partial charge in [-0.15, -0.1) is 0 Å². The monoisotopic (exact) mass is 252 g/mol. The summed E-state index contributed by atoms with van der Waals surface area (Å²) in [5, 5.41) is 4.01. The third-order valence-electron chi connectivity index (χ3n) is 3.72. The SMILES string of the molecule is CC(N)c1nc(CC2CCN(C(C)C)CC2)no1. The minimum absolute atomic E-state index is 0.172. The highest BCUT2D eigenvalue weighted by atomic mass is 16.5. The highest BCUT2D eigenvalue weighted by molar-refractivity contribution is 4.92. The molecule has 1 aromatic rings. The molecule has 0 saturated carbocycles. The van der Waals surface area contributed by atoms with Gasteiger partial charge in [-0.2, -0.15) is 4.98 Å². The molecule has 1 saturated heterocycles. The topological polar surface area (TPSA) is 68.2 Å². The quantitative estimate of drug-likeness (QED) is 0.884. The molecule has 102 valence electrons. The van der Waals surface area contributed by atoms with E-state index in [-0.39, 0.29) is 6.04 Å². The molecule has 2 N–H and O–H groups in total. The lowest BCUT2D eigenvalue weighted by molar-refractivity contribution is 0.148. The summed E-state index contributed by atoms with van der Waals surface area (Å²) in [5.74, 6) is 2.04. The lowest BCUT2D eigenvalue weighted by Crippen LogP contribution is -2.38. The van der Waals surface area contributed by atoms with Crippen LogP contribution in [-0.2, 0) is 6.42 Å². The van der Waals surface area contributed by atoms with E-state index in [9.17, 15) is 0 Å². The summed E-state index contributed by atoms with van der Waals surface area (Å²) >= 11 is 0. The number of likely N-dealkylation sites (tertiary alicyclic amines) is 1. The van der Waals surface area contributed by atoms with Crippen LogP contribution in [0.1, 0.15) is 51.4 Å². The van der Waals surface area contributed by atoms with E-state index >= 15 is 0 Å². The number of piperidine rings is 1. The zero-order valence-corrected chi connectivity index (χ0v) is 11.6. The molecule has 0 spiro atoms. The molecule has 5 nitrogen and oxygen atoms in total. The van der Waals surface area contributed by atoms with Crippen molar-refractivity contribution in [2.24, 2.45) is 11.7 Å². The average molecular weight is 252 g/mol. The number of hydrogen-bond acceptors (Lipinski definition) is 5. The number of rotatable bonds is 4. The Bertz CT molecular complexity index is 367. The van der Waals surface area contributed by atoms with Crippen molar-refractivity contribution in [3.05, 3.63) is 11.7 Å². The Morgan fingerprint density at radius 3 is 2.50 bits per heavy atom. The van der Waals surface area contributed by atoms with Crippen molar-refractivity contribution in [1.82, 2.24) is 15.0 Å². The fourth-order valence-electron chi connectivity index (χ4n) is 2.47. The predicted molar refractivity (Wildman–Crippen MR) is 70.0 cm³/mol. The fraction of sp³-hybridized carbons (Fsp3) is 0.846. The summed E-state index contributed by atoms with van der Waals surface area (Å²) in [4.78, 5) is 6.87. The van der Waals surface area contributed by atoms with Gasteiger partial charge in [0.15, 0.2) is 5.82 Å². The van der Waals surface area contributed by atoms with Crippen LogP contribution in [0.4, 0.5) is 0 Å². The van der Waals surface area contributed by atoms with Crippen LogP contribution in [0.3, 0.4) is 0 Å². The predicted octanol–water partition coefficient (Wildman–Crippen LogP) is 1.75. The van der Waals surface area contributed by atoms with E-state index in [1.54, 1.807) is 0 Å². The smallest absolute Gasteiger partial charge is 0.243 e. The fourth-order valence-corrected chi connectivity index (χ4v) is 2.47. The van der Waals surface area contributed by atoms with Crippen molar-refractivity contribution in [3.8, 4) is 0 Å². The third kappa shape index (κ3) is 3.29. The van der Waals surface area contributed by atoms with Crippen LogP contribution in [0.15, 0.2) is 4.52 Å². The average Bonchev–Trinajstić information content (AvgIpc) is 2.78. The normalized spacial score (nSPS) is 20.5. The molecular formula is C13H24N4O. The van der Waals surface area contributed by atoms with Crippen molar-refractivity contribution in [1.29, 1.82) is 0 Å². The van der Waals surface area contributed by atoms with Crippen LogP contribution in [0, 0.1) is 5.92 Å². The van der Waals surface area contributed by atoms with Crippen LogP contribution in [-0.4, -0.2) is 34.2 Å². The van der Waals surface area contributed by atoms with Crippen molar-refractivity contribution < 1.29 is 4.52 Å². The van der Waals surface area contributed by atoms with Gasteiger partial charge in [-0.1, -0.05) is 5.16 Å². The Morgan fingerprint density at radius 1 is 1.33 bits per heavy atom. The number of hydrogen-bond donors (Lipinski definition) is 1. The summed E-state index contributed by atoms with van der Waals surface area (Å²) in [5.41, 5.74) is 5.71. The van der Waals surface area contributed by atoms with Gasteiger partial charge in [-0.25, -0.2) is 0 Å². The second-order valence-corrected chi connectivity index (χ2v) is 5.61. The van der Waals surface area contributed by atoms with Gasteiger partial charge in [0.25, 0.3) is 0 Å². The molecule has 1 atom stereocenters. The largest absolute Gasteiger partial charge is 0.338 e.